The van der Waals surface area contributed by atoms with Gasteiger partial charge in [-0.05, 0) is 83.0 Å². The molecule has 0 spiro atoms. The molecule has 0 bridgehead atoms. The minimum atomic E-state index is -0.490. The predicted octanol–water partition coefficient (Wildman–Crippen LogP) is 7.50. The van der Waals surface area contributed by atoms with Crippen LogP contribution in [-0.4, -0.2) is 9.85 Å². The number of rotatable bonds is 5. The van der Waals surface area contributed by atoms with Crippen LogP contribution in [0, 0.1) is 23.8 Å². The molecule has 10 heteroatoms. The Labute approximate surface area is 207 Å². The van der Waals surface area contributed by atoms with Crippen LogP contribution >= 0.6 is 45.8 Å². The maximum absolute atomic E-state index is 11.4. The first kappa shape index (κ1) is 22.8. The molecule has 0 N–H and O–H groups in total. The molecule has 0 aromatic heterocycles. The Morgan fingerprint density at radius 2 is 1.22 bits per heavy atom. The SMILES string of the molecule is O=[N+]([O-])c1cc([C@H]2CC[C@H](c3ccc(Cl)c([N+](=O)[O-])c3)N2c2ccc(I)cc2)ccc1Cl. The molecule has 1 aliphatic rings. The van der Waals surface area contributed by atoms with Crippen molar-refractivity contribution in [3.8, 4) is 0 Å². The second-order valence-electron chi connectivity index (χ2n) is 7.43. The fraction of sp³-hybridized carbons (Fsp3) is 0.182. The Bertz CT molecular complexity index is 1130. The largest absolute Gasteiger partial charge is 0.357 e. The van der Waals surface area contributed by atoms with Crippen LogP contribution in [0.4, 0.5) is 17.1 Å². The van der Waals surface area contributed by atoms with E-state index in [-0.39, 0.29) is 33.5 Å². The first-order valence-electron chi connectivity index (χ1n) is 9.68. The van der Waals surface area contributed by atoms with E-state index in [0.717, 1.165) is 20.4 Å². The molecule has 3 aromatic rings. The van der Waals surface area contributed by atoms with Crippen molar-refractivity contribution >= 4 is 62.9 Å². The van der Waals surface area contributed by atoms with Crippen LogP contribution in [-0.2, 0) is 0 Å². The summed E-state index contributed by atoms with van der Waals surface area (Å²) in [6, 6.07) is 17.3. The van der Waals surface area contributed by atoms with Crippen LogP contribution in [0.2, 0.25) is 10.0 Å². The molecular formula is C22H16Cl2IN3O4. The summed E-state index contributed by atoms with van der Waals surface area (Å²) in [5.41, 5.74) is 2.18. The third kappa shape index (κ3) is 4.39. The average molecular weight is 584 g/mol. The van der Waals surface area contributed by atoms with E-state index in [9.17, 15) is 20.2 Å². The van der Waals surface area contributed by atoms with Crippen molar-refractivity contribution in [3.05, 3.63) is 106 Å². The molecule has 7 nitrogen and oxygen atoms in total. The molecule has 0 radical (unpaired) electrons. The van der Waals surface area contributed by atoms with Gasteiger partial charge in [-0.1, -0.05) is 35.3 Å². The maximum Gasteiger partial charge on any atom is 0.288 e. The van der Waals surface area contributed by atoms with Gasteiger partial charge in [0.1, 0.15) is 10.0 Å². The third-order valence-corrected chi connectivity index (χ3v) is 6.97. The summed E-state index contributed by atoms with van der Waals surface area (Å²) in [5.74, 6) is 0. The number of hydrogen-bond acceptors (Lipinski definition) is 5. The Morgan fingerprint density at radius 1 is 0.781 bits per heavy atom. The van der Waals surface area contributed by atoms with Crippen LogP contribution in [0.1, 0.15) is 36.1 Å². The van der Waals surface area contributed by atoms with Crippen LogP contribution in [0.5, 0.6) is 0 Å². The minimum Gasteiger partial charge on any atom is -0.357 e. The number of hydrogen-bond donors (Lipinski definition) is 0. The Balaban J connectivity index is 1.82. The number of nitro benzene ring substituents is 2. The monoisotopic (exact) mass is 583 g/mol. The zero-order chi connectivity index (χ0) is 23.0. The van der Waals surface area contributed by atoms with Crippen molar-refractivity contribution in [3.63, 3.8) is 0 Å². The fourth-order valence-corrected chi connectivity index (χ4v) is 4.93. The van der Waals surface area contributed by atoms with E-state index in [4.69, 9.17) is 23.2 Å². The Morgan fingerprint density at radius 3 is 1.62 bits per heavy atom. The molecule has 1 fully saturated rings. The fourth-order valence-electron chi connectivity index (χ4n) is 4.19. The highest BCUT2D eigenvalue weighted by Gasteiger charge is 2.37. The molecule has 2 atom stereocenters. The molecule has 0 amide bonds. The molecule has 0 saturated carbocycles. The molecule has 1 heterocycles. The lowest BCUT2D eigenvalue weighted by atomic mass is 10.0. The number of nitro groups is 2. The molecule has 32 heavy (non-hydrogen) atoms. The van der Waals surface area contributed by atoms with Gasteiger partial charge in [-0.15, -0.1) is 0 Å². The smallest absolute Gasteiger partial charge is 0.288 e. The summed E-state index contributed by atoms with van der Waals surface area (Å²) >= 11 is 14.3. The third-order valence-electron chi connectivity index (χ3n) is 5.61. The molecule has 164 valence electrons. The van der Waals surface area contributed by atoms with Gasteiger partial charge in [-0.3, -0.25) is 20.2 Å². The van der Waals surface area contributed by atoms with Gasteiger partial charge < -0.3 is 4.90 Å². The van der Waals surface area contributed by atoms with E-state index in [1.165, 1.54) is 12.1 Å². The summed E-state index contributed by atoms with van der Waals surface area (Å²) in [5, 5.41) is 23.0. The summed E-state index contributed by atoms with van der Waals surface area (Å²) in [6.07, 6.45) is 1.43. The maximum atomic E-state index is 11.4. The number of anilines is 1. The van der Waals surface area contributed by atoms with Gasteiger partial charge in [0.25, 0.3) is 11.4 Å². The van der Waals surface area contributed by atoms with Crippen molar-refractivity contribution < 1.29 is 9.85 Å². The van der Waals surface area contributed by atoms with E-state index in [2.05, 4.69) is 27.5 Å². The summed E-state index contributed by atoms with van der Waals surface area (Å²) in [4.78, 5) is 24.0. The molecule has 4 rings (SSSR count). The molecular weight excluding hydrogens is 568 g/mol. The van der Waals surface area contributed by atoms with Gasteiger partial charge in [0, 0.05) is 21.4 Å². The van der Waals surface area contributed by atoms with E-state index >= 15 is 0 Å². The van der Waals surface area contributed by atoms with Gasteiger partial charge in [0.2, 0.25) is 0 Å². The summed E-state index contributed by atoms with van der Waals surface area (Å²) < 4.78 is 1.07. The second kappa shape index (κ2) is 9.21. The van der Waals surface area contributed by atoms with Crippen molar-refractivity contribution in [2.75, 3.05) is 4.90 Å². The minimum absolute atomic E-state index is 0.0856. The lowest BCUT2D eigenvalue weighted by molar-refractivity contribution is -0.384. The summed E-state index contributed by atoms with van der Waals surface area (Å²) in [7, 11) is 0. The molecule has 3 aromatic carbocycles. The zero-order valence-electron chi connectivity index (χ0n) is 16.5. The van der Waals surface area contributed by atoms with Crippen molar-refractivity contribution in [2.24, 2.45) is 0 Å². The average Bonchev–Trinajstić information content (AvgIpc) is 3.19. The van der Waals surface area contributed by atoms with Gasteiger partial charge in [0.05, 0.1) is 21.9 Å². The molecule has 1 saturated heterocycles. The number of nitrogens with zero attached hydrogens (tertiary/aromatic N) is 3. The highest BCUT2D eigenvalue weighted by Crippen LogP contribution is 2.48. The van der Waals surface area contributed by atoms with Gasteiger partial charge in [0.15, 0.2) is 0 Å². The second-order valence-corrected chi connectivity index (χ2v) is 9.49. The number of benzene rings is 3. The van der Waals surface area contributed by atoms with E-state index in [1.54, 1.807) is 24.3 Å². The molecule has 1 aliphatic heterocycles. The Hall–Kier alpha value is -2.43. The van der Waals surface area contributed by atoms with Crippen molar-refractivity contribution in [2.45, 2.75) is 24.9 Å². The zero-order valence-corrected chi connectivity index (χ0v) is 20.1. The summed E-state index contributed by atoms with van der Waals surface area (Å²) in [6.45, 7) is 0. The Kier molecular flexibility index (Phi) is 6.55. The topological polar surface area (TPSA) is 89.5 Å². The van der Waals surface area contributed by atoms with Crippen molar-refractivity contribution in [1.29, 1.82) is 0 Å². The number of halogens is 3. The quantitative estimate of drug-likeness (QED) is 0.176. The van der Waals surface area contributed by atoms with Gasteiger partial charge >= 0.3 is 0 Å². The van der Waals surface area contributed by atoms with Gasteiger partial charge in [-0.25, -0.2) is 0 Å². The van der Waals surface area contributed by atoms with Crippen LogP contribution in [0.15, 0.2) is 60.7 Å². The lowest BCUT2D eigenvalue weighted by Crippen LogP contribution is -2.26. The van der Waals surface area contributed by atoms with E-state index in [0.29, 0.717) is 12.8 Å². The first-order chi connectivity index (χ1) is 15.3. The molecule has 0 aliphatic carbocycles. The van der Waals surface area contributed by atoms with E-state index < -0.39 is 9.85 Å². The molecule has 0 unspecified atom stereocenters. The van der Waals surface area contributed by atoms with E-state index in [1.807, 2.05) is 24.3 Å². The normalized spacial score (nSPS) is 18.0. The lowest BCUT2D eigenvalue weighted by Gasteiger charge is -2.33. The first-order valence-corrected chi connectivity index (χ1v) is 11.5. The highest BCUT2D eigenvalue weighted by atomic mass is 127. The highest BCUT2D eigenvalue weighted by molar-refractivity contribution is 14.1. The van der Waals surface area contributed by atoms with Gasteiger partial charge in [-0.2, -0.15) is 0 Å². The standard InChI is InChI=1S/C22H16Cl2IN3O4/c23-17-7-1-13(11-21(17)27(29)30)19-9-10-20(26(19)16-5-3-15(25)4-6-16)14-2-8-18(24)22(12-14)28(31)32/h1-8,11-12,19-20H,9-10H2/t19-,20-/m1/s1. The van der Waals surface area contributed by atoms with Crippen LogP contribution in [0.25, 0.3) is 0 Å². The van der Waals surface area contributed by atoms with Crippen molar-refractivity contribution in [1.82, 2.24) is 0 Å². The van der Waals surface area contributed by atoms with Crippen LogP contribution in [0.3, 0.4) is 0 Å². The van der Waals surface area contributed by atoms with Crippen LogP contribution < -0.4 is 4.90 Å². The predicted molar refractivity (Wildman–Crippen MR) is 133 cm³/mol.